The Balaban J connectivity index is 0.00000196. The third-order valence-corrected chi connectivity index (χ3v) is 2.37. The van der Waals surface area contributed by atoms with Gasteiger partial charge in [0.2, 0.25) is 6.54 Å². The number of benzene rings is 1. The number of nitrogens with zero attached hydrogens (tertiary/aromatic N) is 1. The predicted molar refractivity (Wildman–Crippen MR) is 45.1 cm³/mol. The molecular formula is C7H6NNaO5S. The standard InChI is InChI=1S/C7H7NO5S.Na/c9-8(10)5-6-1-3-7(4-2-6)14(11,12)13;/h1-4H,5H2,(H,11,12,13);/q;+1/p-1. The Kier molecular flexibility index (Phi) is 5.39. The van der Waals surface area contributed by atoms with Gasteiger partial charge in [-0.25, -0.2) is 8.42 Å². The maximum atomic E-state index is 10.5. The molecule has 0 fully saturated rings. The van der Waals surface area contributed by atoms with Gasteiger partial charge in [0.05, 0.1) is 4.90 Å². The maximum Gasteiger partial charge on any atom is 1.00 e. The summed E-state index contributed by atoms with van der Waals surface area (Å²) in [6, 6.07) is 4.60. The van der Waals surface area contributed by atoms with Gasteiger partial charge in [-0.1, -0.05) is 12.1 Å². The van der Waals surface area contributed by atoms with Crippen LogP contribution in [0.2, 0.25) is 0 Å². The molecule has 0 spiro atoms. The molecule has 6 nitrogen and oxygen atoms in total. The summed E-state index contributed by atoms with van der Waals surface area (Å²) >= 11 is 0. The van der Waals surface area contributed by atoms with Crippen molar-refractivity contribution < 1.29 is 47.5 Å². The Morgan fingerprint density at radius 1 is 1.20 bits per heavy atom. The molecule has 0 aliphatic heterocycles. The number of hydrogen-bond acceptors (Lipinski definition) is 5. The summed E-state index contributed by atoms with van der Waals surface area (Å²) in [5, 5.41) is 10.1. The summed E-state index contributed by atoms with van der Waals surface area (Å²) in [5.74, 6) is 0. The van der Waals surface area contributed by atoms with E-state index < -0.39 is 15.0 Å². The number of hydrogen-bond donors (Lipinski definition) is 0. The van der Waals surface area contributed by atoms with Gasteiger partial charge in [0.25, 0.3) is 0 Å². The minimum Gasteiger partial charge on any atom is -0.744 e. The molecule has 0 amide bonds. The quantitative estimate of drug-likeness (QED) is 0.248. The summed E-state index contributed by atoms with van der Waals surface area (Å²) < 4.78 is 31.4. The van der Waals surface area contributed by atoms with Crippen LogP contribution in [0.4, 0.5) is 0 Å². The summed E-state index contributed by atoms with van der Waals surface area (Å²) in [4.78, 5) is 9.15. The second kappa shape index (κ2) is 5.57. The Bertz CT molecular complexity index is 441. The summed E-state index contributed by atoms with van der Waals surface area (Å²) in [6.45, 7) is -0.390. The van der Waals surface area contributed by atoms with Crippen LogP contribution < -0.4 is 29.6 Å². The molecule has 0 aliphatic rings. The van der Waals surface area contributed by atoms with Crippen molar-refractivity contribution in [3.63, 3.8) is 0 Å². The second-order valence-electron chi connectivity index (χ2n) is 2.59. The molecule has 0 N–H and O–H groups in total. The molecule has 0 aliphatic carbocycles. The first-order valence-corrected chi connectivity index (χ1v) is 4.97. The molecule has 0 heterocycles. The first kappa shape index (κ1) is 14.5. The van der Waals surface area contributed by atoms with E-state index in [0.717, 1.165) is 12.1 Å². The van der Waals surface area contributed by atoms with Crippen LogP contribution in [0.5, 0.6) is 0 Å². The Hall–Kier alpha value is -0.470. The van der Waals surface area contributed by atoms with Gasteiger partial charge in [0.15, 0.2) is 0 Å². The fraction of sp³-hybridized carbons (Fsp3) is 0.143. The van der Waals surface area contributed by atoms with E-state index in [4.69, 9.17) is 0 Å². The Morgan fingerprint density at radius 3 is 2.00 bits per heavy atom. The summed E-state index contributed by atoms with van der Waals surface area (Å²) in [5.41, 5.74) is 0.349. The third kappa shape index (κ3) is 4.72. The van der Waals surface area contributed by atoms with Crippen molar-refractivity contribution in [2.75, 3.05) is 0 Å². The molecule has 0 saturated heterocycles. The molecule has 8 heteroatoms. The SMILES string of the molecule is O=[N+]([O-])Cc1ccc(S(=O)(=O)[O-])cc1.[Na+]. The molecule has 0 atom stereocenters. The van der Waals surface area contributed by atoms with E-state index in [1.54, 1.807) is 0 Å². The van der Waals surface area contributed by atoms with Gasteiger partial charge in [-0.3, -0.25) is 10.1 Å². The van der Waals surface area contributed by atoms with E-state index in [2.05, 4.69) is 0 Å². The molecule has 1 aromatic carbocycles. The minimum atomic E-state index is -4.47. The number of rotatable bonds is 3. The van der Waals surface area contributed by atoms with Crippen molar-refractivity contribution >= 4 is 10.1 Å². The smallest absolute Gasteiger partial charge is 0.744 e. The van der Waals surface area contributed by atoms with Crippen LogP contribution in [0, 0.1) is 10.1 Å². The minimum absolute atomic E-state index is 0. The van der Waals surface area contributed by atoms with Crippen LogP contribution in [-0.2, 0) is 16.7 Å². The average molecular weight is 239 g/mol. The molecule has 1 rings (SSSR count). The zero-order valence-electron chi connectivity index (χ0n) is 7.91. The summed E-state index contributed by atoms with van der Waals surface area (Å²) in [7, 11) is -4.47. The second-order valence-corrected chi connectivity index (χ2v) is 3.97. The van der Waals surface area contributed by atoms with Crippen molar-refractivity contribution in [2.24, 2.45) is 0 Å². The van der Waals surface area contributed by atoms with Gasteiger partial charge in [0, 0.05) is 10.5 Å². The molecule has 0 bridgehead atoms. The normalized spacial score (nSPS) is 10.5. The molecule has 0 aromatic heterocycles. The van der Waals surface area contributed by atoms with Crippen molar-refractivity contribution in [3.05, 3.63) is 39.9 Å². The average Bonchev–Trinajstić information content (AvgIpc) is 2.02. The molecule has 76 valence electrons. The van der Waals surface area contributed by atoms with Crippen LogP contribution in [-0.4, -0.2) is 17.9 Å². The Labute approximate surface area is 108 Å². The van der Waals surface area contributed by atoms with E-state index in [1.807, 2.05) is 0 Å². The van der Waals surface area contributed by atoms with E-state index in [9.17, 15) is 23.1 Å². The number of nitro groups is 1. The molecule has 15 heavy (non-hydrogen) atoms. The van der Waals surface area contributed by atoms with Crippen molar-refractivity contribution in [2.45, 2.75) is 11.4 Å². The monoisotopic (exact) mass is 239 g/mol. The van der Waals surface area contributed by atoms with Crippen LogP contribution in [0.1, 0.15) is 5.56 Å². The van der Waals surface area contributed by atoms with Crippen LogP contribution >= 0.6 is 0 Å². The zero-order chi connectivity index (χ0) is 10.8. The molecule has 1 aromatic rings. The van der Waals surface area contributed by atoms with Gasteiger partial charge in [0.1, 0.15) is 10.1 Å². The van der Waals surface area contributed by atoms with Gasteiger partial charge < -0.3 is 4.55 Å². The largest absolute Gasteiger partial charge is 1.00 e. The topological polar surface area (TPSA) is 100 Å². The summed E-state index contributed by atoms with van der Waals surface area (Å²) in [6.07, 6.45) is 0. The predicted octanol–water partition coefficient (Wildman–Crippen LogP) is -2.63. The fourth-order valence-electron chi connectivity index (χ4n) is 0.911. The molecular weight excluding hydrogens is 233 g/mol. The maximum absolute atomic E-state index is 10.5. The van der Waals surface area contributed by atoms with E-state index in [1.165, 1.54) is 12.1 Å². The van der Waals surface area contributed by atoms with Crippen molar-refractivity contribution in [3.8, 4) is 0 Å². The van der Waals surface area contributed by atoms with Crippen LogP contribution in [0.25, 0.3) is 0 Å². The van der Waals surface area contributed by atoms with Crippen LogP contribution in [0.3, 0.4) is 0 Å². The van der Waals surface area contributed by atoms with E-state index in [0.29, 0.717) is 5.56 Å². The van der Waals surface area contributed by atoms with Gasteiger partial charge in [-0.15, -0.1) is 0 Å². The van der Waals surface area contributed by atoms with Crippen molar-refractivity contribution in [1.29, 1.82) is 0 Å². The van der Waals surface area contributed by atoms with Crippen LogP contribution in [0.15, 0.2) is 29.2 Å². The first-order valence-electron chi connectivity index (χ1n) is 3.56. The van der Waals surface area contributed by atoms with Gasteiger partial charge in [-0.2, -0.15) is 0 Å². The molecule has 0 unspecified atom stereocenters. The molecule has 0 saturated carbocycles. The molecule has 0 radical (unpaired) electrons. The zero-order valence-corrected chi connectivity index (χ0v) is 10.7. The van der Waals surface area contributed by atoms with Crippen molar-refractivity contribution in [1.82, 2.24) is 0 Å². The third-order valence-electron chi connectivity index (χ3n) is 1.52. The van der Waals surface area contributed by atoms with Gasteiger partial charge >= 0.3 is 29.6 Å². The Morgan fingerprint density at radius 2 is 1.67 bits per heavy atom. The fourth-order valence-corrected chi connectivity index (χ4v) is 1.38. The first-order chi connectivity index (χ1) is 6.39. The van der Waals surface area contributed by atoms with E-state index >= 15 is 0 Å². The van der Waals surface area contributed by atoms with E-state index in [-0.39, 0.29) is 41.0 Å². The van der Waals surface area contributed by atoms with Gasteiger partial charge in [-0.05, 0) is 12.1 Å².